The number of piperazine rings is 1. The fourth-order valence-electron chi connectivity index (χ4n) is 2.50. The maximum Gasteiger partial charge on any atom is 0.297 e. The summed E-state index contributed by atoms with van der Waals surface area (Å²) in [6.45, 7) is 4.61. The van der Waals surface area contributed by atoms with Gasteiger partial charge in [0, 0.05) is 38.4 Å². The van der Waals surface area contributed by atoms with Crippen LogP contribution in [0.1, 0.15) is 5.69 Å². The highest BCUT2D eigenvalue weighted by molar-refractivity contribution is 5.47. The molecule has 1 N–H and O–H groups in total. The number of hydrogen-bond acceptors (Lipinski definition) is 5. The van der Waals surface area contributed by atoms with Crippen LogP contribution in [0.3, 0.4) is 0 Å². The van der Waals surface area contributed by atoms with Crippen LogP contribution in [0, 0.1) is 0 Å². The van der Waals surface area contributed by atoms with E-state index < -0.39 is 0 Å². The monoisotopic (exact) mass is 272 g/mol. The summed E-state index contributed by atoms with van der Waals surface area (Å²) in [6, 6.07) is 11.3. The number of anilines is 2. The zero-order chi connectivity index (χ0) is 13.8. The molecule has 0 radical (unpaired) electrons. The SMILES string of the molecule is CNCc1coc(N2CCN(c3ccccc3)CC2)n1. The first-order chi connectivity index (χ1) is 9.86. The van der Waals surface area contributed by atoms with E-state index in [2.05, 4.69) is 50.4 Å². The van der Waals surface area contributed by atoms with Gasteiger partial charge in [-0.05, 0) is 19.2 Å². The highest BCUT2D eigenvalue weighted by atomic mass is 16.4. The molecule has 1 aliphatic rings. The van der Waals surface area contributed by atoms with Gasteiger partial charge in [0.15, 0.2) is 0 Å². The number of benzene rings is 1. The van der Waals surface area contributed by atoms with Crippen LogP contribution in [0.25, 0.3) is 0 Å². The summed E-state index contributed by atoms with van der Waals surface area (Å²) in [5, 5.41) is 3.08. The molecule has 1 saturated heterocycles. The van der Waals surface area contributed by atoms with Crippen LogP contribution in [-0.2, 0) is 6.54 Å². The number of para-hydroxylation sites is 1. The minimum absolute atomic E-state index is 0.739. The first-order valence-corrected chi connectivity index (χ1v) is 7.01. The van der Waals surface area contributed by atoms with Gasteiger partial charge < -0.3 is 19.5 Å². The molecule has 1 aromatic heterocycles. The molecule has 106 valence electrons. The van der Waals surface area contributed by atoms with Crippen LogP contribution in [0.4, 0.5) is 11.7 Å². The zero-order valence-corrected chi connectivity index (χ0v) is 11.7. The molecule has 2 aromatic rings. The fourth-order valence-corrected chi connectivity index (χ4v) is 2.50. The van der Waals surface area contributed by atoms with E-state index in [4.69, 9.17) is 4.42 Å². The molecule has 20 heavy (non-hydrogen) atoms. The Morgan fingerprint density at radius 2 is 1.80 bits per heavy atom. The van der Waals surface area contributed by atoms with E-state index in [-0.39, 0.29) is 0 Å². The fraction of sp³-hybridized carbons (Fsp3) is 0.400. The van der Waals surface area contributed by atoms with Crippen molar-refractivity contribution in [3.05, 3.63) is 42.3 Å². The second-order valence-electron chi connectivity index (χ2n) is 4.96. The highest BCUT2D eigenvalue weighted by Crippen LogP contribution is 2.19. The maximum atomic E-state index is 5.55. The number of nitrogens with one attached hydrogen (secondary N) is 1. The van der Waals surface area contributed by atoms with Crippen LogP contribution < -0.4 is 15.1 Å². The molecule has 5 nitrogen and oxygen atoms in total. The average Bonchev–Trinajstić information content (AvgIpc) is 2.97. The zero-order valence-electron chi connectivity index (χ0n) is 11.7. The predicted molar refractivity (Wildman–Crippen MR) is 80.1 cm³/mol. The van der Waals surface area contributed by atoms with Crippen molar-refractivity contribution < 1.29 is 4.42 Å². The molecular formula is C15H20N4O. The highest BCUT2D eigenvalue weighted by Gasteiger charge is 2.20. The van der Waals surface area contributed by atoms with E-state index in [0.29, 0.717) is 0 Å². The second-order valence-corrected chi connectivity index (χ2v) is 4.96. The molecule has 1 aliphatic heterocycles. The molecule has 3 rings (SSSR count). The number of aromatic nitrogens is 1. The summed E-state index contributed by atoms with van der Waals surface area (Å²) in [5.74, 6) is 0. The van der Waals surface area contributed by atoms with Crippen molar-refractivity contribution in [2.45, 2.75) is 6.54 Å². The van der Waals surface area contributed by atoms with Crippen LogP contribution in [0.5, 0.6) is 0 Å². The van der Waals surface area contributed by atoms with Crippen molar-refractivity contribution in [2.24, 2.45) is 0 Å². The largest absolute Gasteiger partial charge is 0.432 e. The Hall–Kier alpha value is -2.01. The van der Waals surface area contributed by atoms with E-state index in [1.165, 1.54) is 5.69 Å². The Balaban J connectivity index is 1.60. The Bertz CT molecular complexity index is 532. The average molecular weight is 272 g/mol. The summed E-state index contributed by atoms with van der Waals surface area (Å²) < 4.78 is 5.55. The molecule has 0 spiro atoms. The third kappa shape index (κ3) is 2.77. The Kier molecular flexibility index (Phi) is 3.87. The summed E-state index contributed by atoms with van der Waals surface area (Å²) in [6.07, 6.45) is 1.73. The standard InChI is InChI=1S/C15H20N4O/c1-16-11-13-12-20-15(17-13)19-9-7-18(8-10-19)14-5-3-2-4-6-14/h2-6,12,16H,7-11H2,1H3. The lowest BCUT2D eigenvalue weighted by Crippen LogP contribution is -2.46. The molecule has 0 aliphatic carbocycles. The summed E-state index contributed by atoms with van der Waals surface area (Å²) in [4.78, 5) is 9.10. The van der Waals surface area contributed by atoms with Crippen LogP contribution in [0.2, 0.25) is 0 Å². The Labute approximate surface area is 119 Å². The topological polar surface area (TPSA) is 44.5 Å². The van der Waals surface area contributed by atoms with Gasteiger partial charge in [-0.3, -0.25) is 0 Å². The third-order valence-electron chi connectivity index (χ3n) is 3.57. The Morgan fingerprint density at radius 3 is 2.50 bits per heavy atom. The quantitative estimate of drug-likeness (QED) is 0.918. The van der Waals surface area contributed by atoms with Gasteiger partial charge in [-0.2, -0.15) is 4.98 Å². The van der Waals surface area contributed by atoms with Crippen molar-refractivity contribution in [3.63, 3.8) is 0 Å². The molecule has 1 aromatic carbocycles. The van der Waals surface area contributed by atoms with Gasteiger partial charge in [0.1, 0.15) is 6.26 Å². The van der Waals surface area contributed by atoms with Gasteiger partial charge in [-0.25, -0.2) is 0 Å². The number of oxazole rings is 1. The minimum Gasteiger partial charge on any atom is -0.432 e. The van der Waals surface area contributed by atoms with Crippen LogP contribution in [0.15, 0.2) is 41.0 Å². The van der Waals surface area contributed by atoms with E-state index in [9.17, 15) is 0 Å². The molecule has 0 unspecified atom stereocenters. The maximum absolute atomic E-state index is 5.55. The van der Waals surface area contributed by atoms with Gasteiger partial charge in [-0.15, -0.1) is 0 Å². The number of rotatable bonds is 4. The molecule has 0 saturated carbocycles. The molecular weight excluding hydrogens is 252 g/mol. The van der Waals surface area contributed by atoms with Crippen molar-refractivity contribution in [1.29, 1.82) is 0 Å². The lowest BCUT2D eigenvalue weighted by atomic mass is 10.2. The Morgan fingerprint density at radius 1 is 1.10 bits per heavy atom. The second kappa shape index (κ2) is 5.96. The van der Waals surface area contributed by atoms with Gasteiger partial charge in [0.05, 0.1) is 5.69 Å². The summed E-state index contributed by atoms with van der Waals surface area (Å²) in [7, 11) is 1.91. The molecule has 5 heteroatoms. The van der Waals surface area contributed by atoms with E-state index in [1.54, 1.807) is 6.26 Å². The summed E-state index contributed by atoms with van der Waals surface area (Å²) in [5.41, 5.74) is 2.24. The molecule has 2 heterocycles. The van der Waals surface area contributed by atoms with E-state index >= 15 is 0 Å². The number of hydrogen-bond donors (Lipinski definition) is 1. The van der Waals surface area contributed by atoms with Crippen molar-refractivity contribution in [1.82, 2.24) is 10.3 Å². The van der Waals surface area contributed by atoms with Gasteiger partial charge in [0.25, 0.3) is 6.01 Å². The molecule has 0 amide bonds. The first kappa shape index (κ1) is 13.0. The van der Waals surface area contributed by atoms with E-state index in [1.807, 2.05) is 7.05 Å². The minimum atomic E-state index is 0.739. The number of nitrogens with zero attached hydrogens (tertiary/aromatic N) is 3. The summed E-state index contributed by atoms with van der Waals surface area (Å²) >= 11 is 0. The van der Waals surface area contributed by atoms with Crippen molar-refractivity contribution in [3.8, 4) is 0 Å². The normalized spacial score (nSPS) is 15.7. The third-order valence-corrected chi connectivity index (χ3v) is 3.57. The van der Waals surface area contributed by atoms with Crippen molar-refractivity contribution in [2.75, 3.05) is 43.0 Å². The van der Waals surface area contributed by atoms with Gasteiger partial charge >= 0.3 is 0 Å². The van der Waals surface area contributed by atoms with Crippen LogP contribution >= 0.6 is 0 Å². The predicted octanol–water partition coefficient (Wildman–Crippen LogP) is 1.72. The molecule has 0 bridgehead atoms. The van der Waals surface area contributed by atoms with Crippen LogP contribution in [-0.4, -0.2) is 38.2 Å². The first-order valence-electron chi connectivity index (χ1n) is 7.01. The molecule has 0 atom stereocenters. The lowest BCUT2D eigenvalue weighted by Gasteiger charge is -2.35. The van der Waals surface area contributed by atoms with E-state index in [0.717, 1.165) is 44.4 Å². The van der Waals surface area contributed by atoms with Crippen molar-refractivity contribution >= 4 is 11.7 Å². The van der Waals surface area contributed by atoms with Gasteiger partial charge in [-0.1, -0.05) is 18.2 Å². The molecule has 1 fully saturated rings. The van der Waals surface area contributed by atoms with Gasteiger partial charge in [0.2, 0.25) is 0 Å². The smallest absolute Gasteiger partial charge is 0.297 e. The lowest BCUT2D eigenvalue weighted by molar-refractivity contribution is 0.515.